The van der Waals surface area contributed by atoms with Gasteiger partial charge in [0.15, 0.2) is 0 Å². The summed E-state index contributed by atoms with van der Waals surface area (Å²) in [7, 11) is 4.94. The minimum Gasteiger partial charge on any atom is -0.497 e. The number of methoxy groups -OCH3 is 2. The number of hydrogen-bond donors (Lipinski definition) is 1. The van der Waals surface area contributed by atoms with Gasteiger partial charge in [-0.25, -0.2) is 4.79 Å². The predicted molar refractivity (Wildman–Crippen MR) is 94.7 cm³/mol. The maximum atomic E-state index is 12.3. The number of nitrogens with zero attached hydrogens (tertiary/aromatic N) is 1. The van der Waals surface area contributed by atoms with Gasteiger partial charge in [-0.2, -0.15) is 0 Å². The van der Waals surface area contributed by atoms with E-state index in [4.69, 9.17) is 21.1 Å². The molecule has 0 aliphatic carbocycles. The normalized spacial score (nSPS) is 10.2. The van der Waals surface area contributed by atoms with E-state index in [0.29, 0.717) is 23.9 Å². The van der Waals surface area contributed by atoms with Crippen LogP contribution in [0, 0.1) is 0 Å². The highest BCUT2D eigenvalue weighted by atomic mass is 35.5. The third-order valence-corrected chi connectivity index (χ3v) is 3.81. The number of rotatable bonds is 6. The summed E-state index contributed by atoms with van der Waals surface area (Å²) in [4.78, 5) is 13.9. The molecule has 0 saturated carbocycles. The maximum Gasteiger partial charge on any atom is 0.317 e. The first-order valence-corrected chi connectivity index (χ1v) is 7.85. The number of nitrogens with one attached hydrogen (secondary N) is 1. The summed E-state index contributed by atoms with van der Waals surface area (Å²) in [5, 5.41) is 3.47. The quantitative estimate of drug-likeness (QED) is 0.866. The van der Waals surface area contributed by atoms with E-state index in [1.54, 1.807) is 38.3 Å². The minimum atomic E-state index is -0.171. The smallest absolute Gasteiger partial charge is 0.317 e. The van der Waals surface area contributed by atoms with Gasteiger partial charge < -0.3 is 19.7 Å². The molecule has 5 nitrogen and oxygen atoms in total. The van der Waals surface area contributed by atoms with Crippen molar-refractivity contribution in [3.05, 3.63) is 58.6 Å². The van der Waals surface area contributed by atoms with Gasteiger partial charge in [-0.15, -0.1) is 0 Å². The van der Waals surface area contributed by atoms with Crippen molar-refractivity contribution in [1.82, 2.24) is 10.2 Å². The summed E-state index contributed by atoms with van der Waals surface area (Å²) in [5.41, 5.74) is 1.86. The van der Waals surface area contributed by atoms with Gasteiger partial charge in [0.05, 0.1) is 14.2 Å². The van der Waals surface area contributed by atoms with Crippen LogP contribution in [0.3, 0.4) is 0 Å². The van der Waals surface area contributed by atoms with Crippen molar-refractivity contribution in [3.63, 3.8) is 0 Å². The number of carbonyl (C=O) groups is 1. The van der Waals surface area contributed by atoms with Crippen molar-refractivity contribution < 1.29 is 14.3 Å². The number of urea groups is 1. The molecule has 1 N–H and O–H groups in total. The third kappa shape index (κ3) is 4.80. The number of carbonyl (C=O) groups excluding carboxylic acids is 1. The second-order valence-corrected chi connectivity index (χ2v) is 5.76. The molecule has 2 amide bonds. The average molecular weight is 349 g/mol. The van der Waals surface area contributed by atoms with Crippen LogP contribution in [0.15, 0.2) is 42.5 Å². The van der Waals surface area contributed by atoms with Crippen LogP contribution in [0.4, 0.5) is 4.79 Å². The standard InChI is InChI=1S/C18H21ClN2O3/c1-21(12-13-5-4-6-16(9-13)23-2)18(22)20-11-14-7-8-15(19)10-17(14)24-3/h4-10H,11-12H2,1-3H3,(H,20,22). The second-order valence-electron chi connectivity index (χ2n) is 5.32. The Hall–Kier alpha value is -2.40. The molecule has 0 atom stereocenters. The molecule has 0 radical (unpaired) electrons. The molecule has 0 aliphatic rings. The van der Waals surface area contributed by atoms with Gasteiger partial charge in [0.2, 0.25) is 0 Å². The van der Waals surface area contributed by atoms with Crippen LogP contribution in [0.25, 0.3) is 0 Å². The largest absolute Gasteiger partial charge is 0.497 e. The summed E-state index contributed by atoms with van der Waals surface area (Å²) in [6.07, 6.45) is 0. The topological polar surface area (TPSA) is 50.8 Å². The molecule has 2 rings (SSSR count). The van der Waals surface area contributed by atoms with Crippen molar-refractivity contribution in [3.8, 4) is 11.5 Å². The fourth-order valence-corrected chi connectivity index (χ4v) is 2.45. The fraction of sp³-hybridized carbons (Fsp3) is 0.278. The first kappa shape index (κ1) is 17.9. The lowest BCUT2D eigenvalue weighted by molar-refractivity contribution is 0.206. The van der Waals surface area contributed by atoms with E-state index in [2.05, 4.69) is 5.32 Å². The van der Waals surface area contributed by atoms with Gasteiger partial charge in [-0.05, 0) is 29.8 Å². The zero-order valence-corrected chi connectivity index (χ0v) is 14.8. The van der Waals surface area contributed by atoms with E-state index in [0.717, 1.165) is 16.9 Å². The van der Waals surface area contributed by atoms with Gasteiger partial charge in [0, 0.05) is 30.7 Å². The highest BCUT2D eigenvalue weighted by molar-refractivity contribution is 6.30. The summed E-state index contributed by atoms with van der Waals surface area (Å²) in [5.74, 6) is 1.42. The molecule has 0 aromatic heterocycles. The van der Waals surface area contributed by atoms with Gasteiger partial charge in [0.25, 0.3) is 0 Å². The highest BCUT2D eigenvalue weighted by Gasteiger charge is 2.11. The van der Waals surface area contributed by atoms with Crippen molar-refractivity contribution in [1.29, 1.82) is 0 Å². The average Bonchev–Trinajstić information content (AvgIpc) is 2.60. The first-order chi connectivity index (χ1) is 11.5. The van der Waals surface area contributed by atoms with E-state index in [9.17, 15) is 4.79 Å². The molecule has 0 spiro atoms. The van der Waals surface area contributed by atoms with Crippen LogP contribution in [0.1, 0.15) is 11.1 Å². The molecule has 0 bridgehead atoms. The van der Waals surface area contributed by atoms with Crippen LogP contribution in [0.5, 0.6) is 11.5 Å². The molecule has 24 heavy (non-hydrogen) atoms. The van der Waals surface area contributed by atoms with Crippen LogP contribution in [0.2, 0.25) is 5.02 Å². The van der Waals surface area contributed by atoms with Crippen molar-refractivity contribution in [2.75, 3.05) is 21.3 Å². The molecular formula is C18H21ClN2O3. The lowest BCUT2D eigenvalue weighted by atomic mass is 10.2. The van der Waals surface area contributed by atoms with Crippen molar-refractivity contribution >= 4 is 17.6 Å². The lowest BCUT2D eigenvalue weighted by Gasteiger charge is -2.19. The summed E-state index contributed by atoms with van der Waals surface area (Å²) in [6.45, 7) is 0.850. The molecule has 0 saturated heterocycles. The highest BCUT2D eigenvalue weighted by Crippen LogP contribution is 2.23. The van der Waals surface area contributed by atoms with E-state index in [1.807, 2.05) is 30.3 Å². The van der Waals surface area contributed by atoms with Gasteiger partial charge in [-0.1, -0.05) is 29.8 Å². The summed E-state index contributed by atoms with van der Waals surface area (Å²) >= 11 is 5.94. The van der Waals surface area contributed by atoms with Gasteiger partial charge >= 0.3 is 6.03 Å². The maximum absolute atomic E-state index is 12.3. The molecule has 0 unspecified atom stereocenters. The minimum absolute atomic E-state index is 0.171. The lowest BCUT2D eigenvalue weighted by Crippen LogP contribution is -2.36. The van der Waals surface area contributed by atoms with Crippen LogP contribution < -0.4 is 14.8 Å². The van der Waals surface area contributed by atoms with E-state index < -0.39 is 0 Å². The first-order valence-electron chi connectivity index (χ1n) is 7.47. The zero-order chi connectivity index (χ0) is 17.5. The molecule has 128 valence electrons. The van der Waals surface area contributed by atoms with E-state index in [-0.39, 0.29) is 6.03 Å². The third-order valence-electron chi connectivity index (χ3n) is 3.58. The van der Waals surface area contributed by atoms with Crippen LogP contribution in [-0.2, 0) is 13.1 Å². The Kier molecular flexibility index (Phi) is 6.32. The molecule has 2 aromatic carbocycles. The molecule has 0 aliphatic heterocycles. The molecule has 6 heteroatoms. The Bertz CT molecular complexity index is 706. The molecule has 0 heterocycles. The number of benzene rings is 2. The predicted octanol–water partition coefficient (Wildman–Crippen LogP) is 3.70. The Labute approximate surface area is 147 Å². The molecule has 2 aromatic rings. The van der Waals surface area contributed by atoms with Gasteiger partial charge in [0.1, 0.15) is 11.5 Å². The van der Waals surface area contributed by atoms with Crippen molar-refractivity contribution in [2.24, 2.45) is 0 Å². The number of hydrogen-bond acceptors (Lipinski definition) is 3. The van der Waals surface area contributed by atoms with Gasteiger partial charge in [-0.3, -0.25) is 0 Å². The molecular weight excluding hydrogens is 328 g/mol. The molecule has 0 fully saturated rings. The Balaban J connectivity index is 1.94. The monoisotopic (exact) mass is 348 g/mol. The van der Waals surface area contributed by atoms with E-state index in [1.165, 1.54) is 0 Å². The fourth-order valence-electron chi connectivity index (χ4n) is 2.29. The number of halogens is 1. The summed E-state index contributed by atoms with van der Waals surface area (Å²) < 4.78 is 10.5. The number of amides is 2. The van der Waals surface area contributed by atoms with Crippen LogP contribution >= 0.6 is 11.6 Å². The zero-order valence-electron chi connectivity index (χ0n) is 14.0. The second kappa shape index (κ2) is 8.45. The Morgan fingerprint density at radius 1 is 1.17 bits per heavy atom. The Morgan fingerprint density at radius 2 is 1.96 bits per heavy atom. The Morgan fingerprint density at radius 3 is 2.67 bits per heavy atom. The SMILES string of the molecule is COc1cccc(CN(C)C(=O)NCc2ccc(Cl)cc2OC)c1. The number of ether oxygens (including phenoxy) is 2. The van der Waals surface area contributed by atoms with Crippen LogP contribution in [-0.4, -0.2) is 32.2 Å². The summed E-state index contributed by atoms with van der Waals surface area (Å²) in [6, 6.07) is 12.8. The van der Waals surface area contributed by atoms with E-state index >= 15 is 0 Å². The van der Waals surface area contributed by atoms with Crippen molar-refractivity contribution in [2.45, 2.75) is 13.1 Å².